The summed E-state index contributed by atoms with van der Waals surface area (Å²) in [5, 5.41) is 2.84. The van der Waals surface area contributed by atoms with E-state index < -0.39 is 6.04 Å². The molecule has 1 aliphatic rings. The number of pyridine rings is 1. The second kappa shape index (κ2) is 6.43. The molecule has 5 nitrogen and oxygen atoms in total. The largest absolute Gasteiger partial charge is 0.322 e. The number of benzene rings is 1. The van der Waals surface area contributed by atoms with Gasteiger partial charge in [0.2, 0.25) is 5.91 Å². The number of carbonyl (C=O) groups excluding carboxylic acids is 2. The Kier molecular flexibility index (Phi) is 4.34. The van der Waals surface area contributed by atoms with Crippen LogP contribution in [0.3, 0.4) is 0 Å². The lowest BCUT2D eigenvalue weighted by atomic mass is 10.0. The van der Waals surface area contributed by atoms with Crippen molar-refractivity contribution >= 4 is 17.6 Å². The quantitative estimate of drug-likeness (QED) is 0.941. The summed E-state index contributed by atoms with van der Waals surface area (Å²) in [6, 6.07) is 12.4. The van der Waals surface area contributed by atoms with Gasteiger partial charge in [-0.25, -0.2) is 4.98 Å². The van der Waals surface area contributed by atoms with Gasteiger partial charge in [0.15, 0.2) is 0 Å². The Morgan fingerprint density at radius 2 is 1.92 bits per heavy atom. The van der Waals surface area contributed by atoms with Gasteiger partial charge in [0.1, 0.15) is 11.9 Å². The van der Waals surface area contributed by atoms with Crippen molar-refractivity contribution in [2.24, 2.45) is 5.92 Å². The minimum absolute atomic E-state index is 0.00642. The van der Waals surface area contributed by atoms with Gasteiger partial charge in [-0.2, -0.15) is 0 Å². The van der Waals surface area contributed by atoms with Crippen molar-refractivity contribution in [1.29, 1.82) is 0 Å². The molecule has 2 aromatic rings. The molecule has 124 valence electrons. The highest BCUT2D eigenvalue weighted by molar-refractivity contribution is 6.03. The number of carbonyl (C=O) groups is 2. The number of anilines is 1. The molecule has 1 aliphatic heterocycles. The van der Waals surface area contributed by atoms with E-state index in [-0.39, 0.29) is 17.7 Å². The summed E-state index contributed by atoms with van der Waals surface area (Å²) in [7, 11) is 0. The molecule has 5 heteroatoms. The Balaban J connectivity index is 1.83. The fourth-order valence-corrected chi connectivity index (χ4v) is 3.12. The second-order valence-corrected chi connectivity index (χ2v) is 6.43. The van der Waals surface area contributed by atoms with Crippen LogP contribution in [-0.4, -0.2) is 27.7 Å². The number of hydrogen-bond acceptors (Lipinski definition) is 3. The molecule has 2 amide bonds. The first-order valence-electron chi connectivity index (χ1n) is 8.11. The van der Waals surface area contributed by atoms with Crippen LogP contribution in [0.25, 0.3) is 0 Å². The first kappa shape index (κ1) is 16.2. The van der Waals surface area contributed by atoms with E-state index in [0.717, 1.165) is 11.3 Å². The van der Waals surface area contributed by atoms with E-state index >= 15 is 0 Å². The molecule has 0 radical (unpaired) electrons. The SMILES string of the molecule is Cc1cccc(NC(=O)C(C(C)C)N2Cc3ccccc3C2=O)n1. The zero-order chi connectivity index (χ0) is 17.3. The van der Waals surface area contributed by atoms with Crippen molar-refractivity contribution in [2.45, 2.75) is 33.4 Å². The Morgan fingerprint density at radius 3 is 2.58 bits per heavy atom. The minimum atomic E-state index is -0.535. The Morgan fingerprint density at radius 1 is 1.17 bits per heavy atom. The van der Waals surface area contributed by atoms with Crippen LogP contribution in [-0.2, 0) is 11.3 Å². The molecule has 0 saturated heterocycles. The second-order valence-electron chi connectivity index (χ2n) is 6.43. The lowest BCUT2D eigenvalue weighted by Crippen LogP contribution is -2.47. The highest BCUT2D eigenvalue weighted by Crippen LogP contribution is 2.27. The average molecular weight is 323 g/mol. The van der Waals surface area contributed by atoms with E-state index in [9.17, 15) is 9.59 Å². The molecule has 1 N–H and O–H groups in total. The number of rotatable bonds is 4. The third kappa shape index (κ3) is 3.02. The molecule has 3 rings (SSSR count). The van der Waals surface area contributed by atoms with E-state index in [0.29, 0.717) is 17.9 Å². The van der Waals surface area contributed by atoms with Crippen molar-refractivity contribution < 1.29 is 9.59 Å². The molecule has 0 aliphatic carbocycles. The topological polar surface area (TPSA) is 62.3 Å². The highest BCUT2D eigenvalue weighted by Gasteiger charge is 2.37. The van der Waals surface area contributed by atoms with Crippen molar-refractivity contribution in [3.8, 4) is 0 Å². The first-order chi connectivity index (χ1) is 11.5. The van der Waals surface area contributed by atoms with E-state index in [4.69, 9.17) is 0 Å². The summed E-state index contributed by atoms with van der Waals surface area (Å²) in [5.74, 6) is 0.212. The molecule has 1 unspecified atom stereocenters. The molecular weight excluding hydrogens is 302 g/mol. The third-order valence-electron chi connectivity index (χ3n) is 4.22. The molecule has 1 aromatic heterocycles. The van der Waals surface area contributed by atoms with Crippen LogP contribution in [0.1, 0.15) is 35.5 Å². The van der Waals surface area contributed by atoms with Crippen molar-refractivity contribution in [2.75, 3.05) is 5.32 Å². The summed E-state index contributed by atoms with van der Waals surface area (Å²) < 4.78 is 0. The summed E-state index contributed by atoms with van der Waals surface area (Å²) in [5.41, 5.74) is 2.48. The molecule has 1 aromatic carbocycles. The highest BCUT2D eigenvalue weighted by atomic mass is 16.2. The number of aromatic nitrogens is 1. The minimum Gasteiger partial charge on any atom is -0.322 e. The van der Waals surface area contributed by atoms with Crippen molar-refractivity contribution in [1.82, 2.24) is 9.88 Å². The maximum Gasteiger partial charge on any atom is 0.255 e. The molecule has 0 bridgehead atoms. The van der Waals surface area contributed by atoms with Crippen LogP contribution < -0.4 is 5.32 Å². The van der Waals surface area contributed by atoms with Gasteiger partial charge in [-0.1, -0.05) is 38.1 Å². The van der Waals surface area contributed by atoms with Gasteiger partial charge in [-0.15, -0.1) is 0 Å². The van der Waals surface area contributed by atoms with Gasteiger partial charge in [-0.05, 0) is 36.6 Å². The van der Waals surface area contributed by atoms with Gasteiger partial charge in [-0.3, -0.25) is 9.59 Å². The molecule has 0 fully saturated rings. The monoisotopic (exact) mass is 323 g/mol. The Bertz CT molecular complexity index is 786. The van der Waals surface area contributed by atoms with Crippen LogP contribution in [0.2, 0.25) is 0 Å². The van der Waals surface area contributed by atoms with Crippen LogP contribution in [0.15, 0.2) is 42.5 Å². The van der Waals surface area contributed by atoms with E-state index in [2.05, 4.69) is 10.3 Å². The molecule has 24 heavy (non-hydrogen) atoms. The maximum absolute atomic E-state index is 12.8. The van der Waals surface area contributed by atoms with Crippen molar-refractivity contribution in [3.63, 3.8) is 0 Å². The summed E-state index contributed by atoms with van der Waals surface area (Å²) in [4.78, 5) is 31.4. The van der Waals surface area contributed by atoms with Crippen molar-refractivity contribution in [3.05, 3.63) is 59.3 Å². The molecule has 0 spiro atoms. The van der Waals surface area contributed by atoms with E-state index in [1.165, 1.54) is 0 Å². The van der Waals surface area contributed by atoms with Crippen LogP contribution in [0.5, 0.6) is 0 Å². The zero-order valence-electron chi connectivity index (χ0n) is 14.1. The Labute approximate surface area is 141 Å². The summed E-state index contributed by atoms with van der Waals surface area (Å²) in [6.07, 6.45) is 0. The van der Waals surface area contributed by atoms with Gasteiger partial charge >= 0.3 is 0 Å². The lowest BCUT2D eigenvalue weighted by molar-refractivity contribution is -0.122. The number of hydrogen-bond donors (Lipinski definition) is 1. The van der Waals surface area contributed by atoms with Gasteiger partial charge < -0.3 is 10.2 Å². The van der Waals surface area contributed by atoms with Gasteiger partial charge in [0.25, 0.3) is 5.91 Å². The first-order valence-corrected chi connectivity index (χ1v) is 8.11. The molecular formula is C19H21N3O2. The smallest absolute Gasteiger partial charge is 0.255 e. The summed E-state index contributed by atoms with van der Waals surface area (Å²) in [6.45, 7) is 6.23. The number of nitrogens with zero attached hydrogens (tertiary/aromatic N) is 2. The molecule has 1 atom stereocenters. The molecule has 0 saturated carbocycles. The van der Waals surface area contributed by atoms with E-state index in [1.54, 1.807) is 11.0 Å². The number of amides is 2. The predicted molar refractivity (Wildman–Crippen MR) is 92.5 cm³/mol. The lowest BCUT2D eigenvalue weighted by Gasteiger charge is -2.29. The number of fused-ring (bicyclic) bond motifs is 1. The normalized spacial score (nSPS) is 14.7. The summed E-state index contributed by atoms with van der Waals surface area (Å²) >= 11 is 0. The third-order valence-corrected chi connectivity index (χ3v) is 4.22. The standard InChI is InChI=1S/C19H21N3O2/c1-12(2)17(18(23)21-16-10-6-7-13(3)20-16)22-11-14-8-4-5-9-15(14)19(22)24/h4-10,12,17H,11H2,1-3H3,(H,20,21,23). The van der Waals surface area contributed by atoms with Crippen LogP contribution >= 0.6 is 0 Å². The Hall–Kier alpha value is -2.69. The zero-order valence-corrected chi connectivity index (χ0v) is 14.1. The predicted octanol–water partition coefficient (Wildman–Crippen LogP) is 3.01. The fraction of sp³-hybridized carbons (Fsp3) is 0.316. The average Bonchev–Trinajstić information content (AvgIpc) is 2.84. The number of aryl methyl sites for hydroxylation is 1. The fourth-order valence-electron chi connectivity index (χ4n) is 3.12. The van der Waals surface area contributed by atoms with E-state index in [1.807, 2.05) is 57.2 Å². The maximum atomic E-state index is 12.8. The molecule has 2 heterocycles. The van der Waals surface area contributed by atoms with Crippen LogP contribution in [0.4, 0.5) is 5.82 Å². The van der Waals surface area contributed by atoms with Gasteiger partial charge in [0, 0.05) is 17.8 Å². The van der Waals surface area contributed by atoms with Gasteiger partial charge in [0.05, 0.1) is 0 Å². The number of nitrogens with one attached hydrogen (secondary N) is 1. The van der Waals surface area contributed by atoms with Crippen LogP contribution in [0, 0.1) is 12.8 Å².